The standard InChI is InChI=1S/C13H20N4O/c1-9-3-2-4-11(8-14)17(9)10-5-6-16-12(7-10)13(15)18/h5-7,9,11H,2-4,8,14H2,1H3,(H2,15,18). The third kappa shape index (κ3) is 2.46. The van der Waals surface area contributed by atoms with Crippen molar-refractivity contribution in [2.45, 2.75) is 38.3 Å². The van der Waals surface area contributed by atoms with Crippen LogP contribution in [0.3, 0.4) is 0 Å². The number of hydrogen-bond donors (Lipinski definition) is 2. The lowest BCUT2D eigenvalue weighted by atomic mass is 9.95. The van der Waals surface area contributed by atoms with E-state index in [1.165, 1.54) is 6.42 Å². The largest absolute Gasteiger partial charge is 0.364 e. The number of amides is 1. The van der Waals surface area contributed by atoms with Crippen molar-refractivity contribution in [3.8, 4) is 0 Å². The summed E-state index contributed by atoms with van der Waals surface area (Å²) >= 11 is 0. The molecule has 1 aromatic rings. The first-order chi connectivity index (χ1) is 8.63. The fourth-order valence-corrected chi connectivity index (χ4v) is 2.70. The van der Waals surface area contributed by atoms with Gasteiger partial charge in [0.25, 0.3) is 5.91 Å². The van der Waals surface area contributed by atoms with Crippen LogP contribution in [-0.2, 0) is 0 Å². The van der Waals surface area contributed by atoms with Gasteiger partial charge in [0.15, 0.2) is 0 Å². The highest BCUT2D eigenvalue weighted by Gasteiger charge is 2.27. The van der Waals surface area contributed by atoms with E-state index >= 15 is 0 Å². The number of primary amides is 1. The topological polar surface area (TPSA) is 85.2 Å². The van der Waals surface area contributed by atoms with E-state index in [1.807, 2.05) is 6.07 Å². The number of rotatable bonds is 3. The predicted molar refractivity (Wildman–Crippen MR) is 71.4 cm³/mol. The van der Waals surface area contributed by atoms with E-state index in [1.54, 1.807) is 12.3 Å². The monoisotopic (exact) mass is 248 g/mol. The lowest BCUT2D eigenvalue weighted by Gasteiger charge is -2.42. The number of piperidine rings is 1. The Balaban J connectivity index is 2.32. The SMILES string of the molecule is CC1CCCC(CN)N1c1ccnc(C(N)=O)c1. The van der Waals surface area contributed by atoms with Crippen LogP contribution in [-0.4, -0.2) is 29.5 Å². The average Bonchev–Trinajstić information content (AvgIpc) is 2.38. The van der Waals surface area contributed by atoms with Gasteiger partial charge in [0, 0.05) is 30.5 Å². The molecular formula is C13H20N4O. The second-order valence-corrected chi connectivity index (χ2v) is 4.84. The van der Waals surface area contributed by atoms with Gasteiger partial charge < -0.3 is 16.4 Å². The van der Waals surface area contributed by atoms with E-state index in [9.17, 15) is 4.79 Å². The number of anilines is 1. The molecule has 1 aliphatic heterocycles. The maximum atomic E-state index is 11.2. The lowest BCUT2D eigenvalue weighted by Crippen LogP contribution is -2.49. The number of pyridine rings is 1. The van der Waals surface area contributed by atoms with Gasteiger partial charge in [0.1, 0.15) is 5.69 Å². The van der Waals surface area contributed by atoms with E-state index in [4.69, 9.17) is 11.5 Å². The van der Waals surface area contributed by atoms with Gasteiger partial charge in [0.05, 0.1) is 0 Å². The third-order valence-electron chi connectivity index (χ3n) is 3.59. The van der Waals surface area contributed by atoms with Crippen molar-refractivity contribution in [3.05, 3.63) is 24.0 Å². The van der Waals surface area contributed by atoms with Crippen LogP contribution in [0.15, 0.2) is 18.3 Å². The normalized spacial score (nSPS) is 24.0. The molecule has 0 spiro atoms. The molecule has 0 aliphatic carbocycles. The molecule has 1 aliphatic rings. The van der Waals surface area contributed by atoms with Gasteiger partial charge in [-0.1, -0.05) is 0 Å². The summed E-state index contributed by atoms with van der Waals surface area (Å²) in [5.41, 5.74) is 12.4. The van der Waals surface area contributed by atoms with E-state index < -0.39 is 5.91 Å². The highest BCUT2D eigenvalue weighted by molar-refractivity contribution is 5.91. The smallest absolute Gasteiger partial charge is 0.267 e. The summed E-state index contributed by atoms with van der Waals surface area (Å²) in [6.07, 6.45) is 5.07. The molecule has 0 aromatic carbocycles. The van der Waals surface area contributed by atoms with E-state index in [0.29, 0.717) is 24.3 Å². The molecule has 1 saturated heterocycles. The Morgan fingerprint density at radius 1 is 1.56 bits per heavy atom. The van der Waals surface area contributed by atoms with Crippen molar-refractivity contribution in [2.24, 2.45) is 11.5 Å². The number of carbonyl (C=O) groups is 1. The van der Waals surface area contributed by atoms with Crippen LogP contribution in [0, 0.1) is 0 Å². The molecule has 1 amide bonds. The Hall–Kier alpha value is -1.62. The van der Waals surface area contributed by atoms with Gasteiger partial charge in [-0.3, -0.25) is 9.78 Å². The van der Waals surface area contributed by atoms with Crippen LogP contribution in [0.5, 0.6) is 0 Å². The minimum atomic E-state index is -0.495. The molecule has 5 nitrogen and oxygen atoms in total. The van der Waals surface area contributed by atoms with E-state index in [2.05, 4.69) is 16.8 Å². The molecule has 0 bridgehead atoms. The Morgan fingerprint density at radius 3 is 3.00 bits per heavy atom. The maximum Gasteiger partial charge on any atom is 0.267 e. The summed E-state index contributed by atoms with van der Waals surface area (Å²) in [5, 5.41) is 0. The quantitative estimate of drug-likeness (QED) is 0.831. The zero-order valence-electron chi connectivity index (χ0n) is 10.7. The van der Waals surface area contributed by atoms with E-state index in [-0.39, 0.29) is 0 Å². The maximum absolute atomic E-state index is 11.2. The molecule has 0 radical (unpaired) electrons. The molecule has 1 aromatic heterocycles. The van der Waals surface area contributed by atoms with Crippen molar-refractivity contribution in [1.82, 2.24) is 4.98 Å². The first kappa shape index (κ1) is 12.8. The second-order valence-electron chi connectivity index (χ2n) is 4.84. The van der Waals surface area contributed by atoms with Crippen molar-refractivity contribution < 1.29 is 4.79 Å². The molecule has 1 fully saturated rings. The Kier molecular flexibility index (Phi) is 3.81. The number of hydrogen-bond acceptors (Lipinski definition) is 4. The Bertz CT molecular complexity index is 435. The molecule has 0 saturated carbocycles. The summed E-state index contributed by atoms with van der Waals surface area (Å²) in [4.78, 5) is 17.5. The molecule has 98 valence electrons. The fourth-order valence-electron chi connectivity index (χ4n) is 2.70. The van der Waals surface area contributed by atoms with E-state index in [0.717, 1.165) is 18.5 Å². The number of aromatic nitrogens is 1. The average molecular weight is 248 g/mol. The minimum absolute atomic E-state index is 0.307. The Labute approximate surface area is 107 Å². The summed E-state index contributed by atoms with van der Waals surface area (Å²) in [5.74, 6) is -0.495. The summed E-state index contributed by atoms with van der Waals surface area (Å²) in [6.45, 7) is 2.81. The van der Waals surface area contributed by atoms with Gasteiger partial charge in [0.2, 0.25) is 0 Å². The second kappa shape index (κ2) is 5.35. The van der Waals surface area contributed by atoms with Crippen molar-refractivity contribution in [2.75, 3.05) is 11.4 Å². The first-order valence-corrected chi connectivity index (χ1v) is 6.37. The third-order valence-corrected chi connectivity index (χ3v) is 3.59. The summed E-state index contributed by atoms with van der Waals surface area (Å²) in [7, 11) is 0. The number of carbonyl (C=O) groups excluding carboxylic acids is 1. The van der Waals surface area contributed by atoms with Crippen LogP contribution >= 0.6 is 0 Å². The number of nitrogens with zero attached hydrogens (tertiary/aromatic N) is 2. The lowest BCUT2D eigenvalue weighted by molar-refractivity contribution is 0.0995. The Morgan fingerprint density at radius 2 is 2.33 bits per heavy atom. The first-order valence-electron chi connectivity index (χ1n) is 6.37. The van der Waals surface area contributed by atoms with Gasteiger partial charge >= 0.3 is 0 Å². The summed E-state index contributed by atoms with van der Waals surface area (Å²) in [6, 6.07) is 4.43. The zero-order chi connectivity index (χ0) is 13.1. The molecule has 4 N–H and O–H groups in total. The molecule has 2 rings (SSSR count). The van der Waals surface area contributed by atoms with Crippen LogP contribution in [0.1, 0.15) is 36.7 Å². The van der Waals surface area contributed by atoms with Crippen molar-refractivity contribution >= 4 is 11.6 Å². The highest BCUT2D eigenvalue weighted by atomic mass is 16.1. The zero-order valence-corrected chi connectivity index (χ0v) is 10.7. The highest BCUT2D eigenvalue weighted by Crippen LogP contribution is 2.28. The van der Waals surface area contributed by atoms with Crippen LogP contribution in [0.2, 0.25) is 0 Å². The van der Waals surface area contributed by atoms with Crippen LogP contribution in [0.25, 0.3) is 0 Å². The van der Waals surface area contributed by atoms with Gasteiger partial charge in [-0.05, 0) is 38.3 Å². The molecular weight excluding hydrogens is 228 g/mol. The predicted octanol–water partition coefficient (Wildman–Crippen LogP) is 0.887. The molecule has 2 atom stereocenters. The van der Waals surface area contributed by atoms with Crippen LogP contribution < -0.4 is 16.4 Å². The van der Waals surface area contributed by atoms with Crippen molar-refractivity contribution in [1.29, 1.82) is 0 Å². The number of nitrogens with two attached hydrogens (primary N) is 2. The molecule has 18 heavy (non-hydrogen) atoms. The van der Waals surface area contributed by atoms with Crippen molar-refractivity contribution in [3.63, 3.8) is 0 Å². The van der Waals surface area contributed by atoms with Crippen LogP contribution in [0.4, 0.5) is 5.69 Å². The fraction of sp³-hybridized carbons (Fsp3) is 0.538. The summed E-state index contributed by atoms with van der Waals surface area (Å²) < 4.78 is 0. The molecule has 5 heteroatoms. The molecule has 2 heterocycles. The minimum Gasteiger partial charge on any atom is -0.364 e. The molecule has 2 unspecified atom stereocenters. The van der Waals surface area contributed by atoms with Gasteiger partial charge in [-0.2, -0.15) is 0 Å². The van der Waals surface area contributed by atoms with Gasteiger partial charge in [-0.25, -0.2) is 0 Å². The van der Waals surface area contributed by atoms with Gasteiger partial charge in [-0.15, -0.1) is 0 Å².